The number of fused-ring (bicyclic) bond motifs is 1. The van der Waals surface area contributed by atoms with Crippen LogP contribution in [0.5, 0.6) is 0 Å². The maximum atomic E-state index is 12.8. The van der Waals surface area contributed by atoms with E-state index >= 15 is 0 Å². The molecule has 1 aromatic carbocycles. The average molecular weight is 294 g/mol. The van der Waals surface area contributed by atoms with Crippen molar-refractivity contribution in [3.63, 3.8) is 0 Å². The second-order valence-corrected chi connectivity index (χ2v) is 5.19. The van der Waals surface area contributed by atoms with Gasteiger partial charge in [-0.15, -0.1) is 11.3 Å². The zero-order valence-corrected chi connectivity index (χ0v) is 11.3. The first-order valence-electron chi connectivity index (χ1n) is 5.61. The number of anilines is 1. The number of thiophene rings is 1. The van der Waals surface area contributed by atoms with Crippen molar-refractivity contribution >= 4 is 39.0 Å². The summed E-state index contributed by atoms with van der Waals surface area (Å²) in [6, 6.07) is 8.28. The highest BCUT2D eigenvalue weighted by Gasteiger charge is 2.07. The molecule has 0 atom stereocenters. The first-order chi connectivity index (χ1) is 9.22. The molecule has 19 heavy (non-hydrogen) atoms. The fourth-order valence-electron chi connectivity index (χ4n) is 1.75. The number of hydrogen-bond donors (Lipinski definition) is 1. The molecule has 3 nitrogen and oxygen atoms in total. The number of rotatable bonds is 3. The number of nitrogens with zero attached hydrogens (tertiary/aromatic N) is 2. The van der Waals surface area contributed by atoms with E-state index in [0.717, 1.165) is 15.8 Å². The summed E-state index contributed by atoms with van der Waals surface area (Å²) in [5.74, 6) is 0.453. The van der Waals surface area contributed by atoms with Crippen molar-refractivity contribution in [2.75, 3.05) is 5.32 Å². The van der Waals surface area contributed by atoms with Gasteiger partial charge < -0.3 is 5.32 Å². The standard InChI is InChI=1S/C13H9ClFN3S/c14-13-17-11(10-5-6-19-12(10)18-13)16-7-8-1-3-9(15)4-2-8/h1-6H,7H2,(H,16,17,18). The van der Waals surface area contributed by atoms with Crippen LogP contribution in [0.3, 0.4) is 0 Å². The Hall–Kier alpha value is -1.72. The van der Waals surface area contributed by atoms with E-state index in [1.54, 1.807) is 12.1 Å². The van der Waals surface area contributed by atoms with Gasteiger partial charge in [-0.1, -0.05) is 12.1 Å². The molecule has 1 N–H and O–H groups in total. The van der Waals surface area contributed by atoms with Gasteiger partial charge in [0.25, 0.3) is 0 Å². The second kappa shape index (κ2) is 5.11. The Labute approximate surface area is 118 Å². The monoisotopic (exact) mass is 293 g/mol. The molecule has 0 unspecified atom stereocenters. The first-order valence-corrected chi connectivity index (χ1v) is 6.87. The van der Waals surface area contributed by atoms with Crippen molar-refractivity contribution in [2.24, 2.45) is 0 Å². The van der Waals surface area contributed by atoms with Gasteiger partial charge in [-0.2, -0.15) is 0 Å². The van der Waals surface area contributed by atoms with Crippen LogP contribution >= 0.6 is 22.9 Å². The van der Waals surface area contributed by atoms with Gasteiger partial charge in [0.2, 0.25) is 5.28 Å². The number of aromatic nitrogens is 2. The third kappa shape index (κ3) is 2.67. The van der Waals surface area contributed by atoms with Crippen LogP contribution in [0.4, 0.5) is 10.2 Å². The molecule has 0 spiro atoms. The molecule has 2 heterocycles. The Kier molecular flexibility index (Phi) is 3.31. The smallest absolute Gasteiger partial charge is 0.225 e. The summed E-state index contributed by atoms with van der Waals surface area (Å²) in [7, 11) is 0. The summed E-state index contributed by atoms with van der Waals surface area (Å²) < 4.78 is 12.8. The molecule has 0 saturated carbocycles. The fraction of sp³-hybridized carbons (Fsp3) is 0.0769. The minimum atomic E-state index is -0.242. The average Bonchev–Trinajstić information content (AvgIpc) is 2.85. The van der Waals surface area contributed by atoms with Crippen molar-refractivity contribution in [2.45, 2.75) is 6.54 Å². The summed E-state index contributed by atoms with van der Waals surface area (Å²) in [4.78, 5) is 9.18. The third-order valence-corrected chi connectivity index (χ3v) is 3.65. The minimum absolute atomic E-state index is 0.219. The van der Waals surface area contributed by atoms with Crippen LogP contribution in [0.2, 0.25) is 5.28 Å². The van der Waals surface area contributed by atoms with Crippen molar-refractivity contribution in [1.82, 2.24) is 9.97 Å². The van der Waals surface area contributed by atoms with Gasteiger partial charge in [0.05, 0.1) is 5.39 Å². The molecule has 2 aromatic heterocycles. The van der Waals surface area contributed by atoms with Crippen LogP contribution in [0, 0.1) is 5.82 Å². The summed E-state index contributed by atoms with van der Waals surface area (Å²) >= 11 is 7.39. The summed E-state index contributed by atoms with van der Waals surface area (Å²) in [6.45, 7) is 0.554. The summed E-state index contributed by atoms with van der Waals surface area (Å²) in [5.41, 5.74) is 0.972. The van der Waals surface area contributed by atoms with Gasteiger partial charge in [-0.3, -0.25) is 0 Å². The topological polar surface area (TPSA) is 37.8 Å². The van der Waals surface area contributed by atoms with Crippen LogP contribution in [0.1, 0.15) is 5.56 Å². The SMILES string of the molecule is Fc1ccc(CNc2nc(Cl)nc3sccc23)cc1. The highest BCUT2D eigenvalue weighted by Crippen LogP contribution is 2.26. The van der Waals surface area contributed by atoms with Gasteiger partial charge in [-0.25, -0.2) is 14.4 Å². The van der Waals surface area contributed by atoms with E-state index in [4.69, 9.17) is 11.6 Å². The Bertz CT molecular complexity index is 711. The molecule has 6 heteroatoms. The van der Waals surface area contributed by atoms with E-state index in [9.17, 15) is 4.39 Å². The normalized spacial score (nSPS) is 10.8. The number of hydrogen-bond acceptors (Lipinski definition) is 4. The Morgan fingerprint density at radius 2 is 1.95 bits per heavy atom. The zero-order chi connectivity index (χ0) is 13.2. The second-order valence-electron chi connectivity index (χ2n) is 3.96. The largest absolute Gasteiger partial charge is 0.365 e. The van der Waals surface area contributed by atoms with Gasteiger partial charge in [0.15, 0.2) is 0 Å². The highest BCUT2D eigenvalue weighted by atomic mass is 35.5. The highest BCUT2D eigenvalue weighted by molar-refractivity contribution is 7.16. The molecule has 3 rings (SSSR count). The van der Waals surface area contributed by atoms with Crippen LogP contribution in [-0.2, 0) is 6.54 Å². The lowest BCUT2D eigenvalue weighted by molar-refractivity contribution is 0.627. The molecule has 0 bridgehead atoms. The van der Waals surface area contributed by atoms with E-state index in [-0.39, 0.29) is 11.1 Å². The van der Waals surface area contributed by atoms with E-state index < -0.39 is 0 Å². The summed E-state index contributed by atoms with van der Waals surface area (Å²) in [6.07, 6.45) is 0. The Morgan fingerprint density at radius 3 is 2.74 bits per heavy atom. The van der Waals surface area contributed by atoms with Crippen LogP contribution in [0.25, 0.3) is 10.2 Å². The van der Waals surface area contributed by atoms with Gasteiger partial charge in [0, 0.05) is 6.54 Å². The molecule has 0 amide bonds. The molecule has 0 radical (unpaired) electrons. The predicted octanol–water partition coefficient (Wildman–Crippen LogP) is 4.10. The van der Waals surface area contributed by atoms with Crippen molar-refractivity contribution in [3.05, 3.63) is 52.4 Å². The number of halogens is 2. The molecular formula is C13H9ClFN3S. The predicted molar refractivity (Wildman–Crippen MR) is 76.2 cm³/mol. The maximum Gasteiger partial charge on any atom is 0.225 e. The van der Waals surface area contributed by atoms with Gasteiger partial charge >= 0.3 is 0 Å². The van der Waals surface area contributed by atoms with Crippen LogP contribution in [-0.4, -0.2) is 9.97 Å². The lowest BCUT2D eigenvalue weighted by Gasteiger charge is -2.07. The van der Waals surface area contributed by atoms with Crippen molar-refractivity contribution in [3.8, 4) is 0 Å². The van der Waals surface area contributed by atoms with E-state index in [1.165, 1.54) is 23.5 Å². The van der Waals surface area contributed by atoms with E-state index in [1.807, 2.05) is 11.4 Å². The van der Waals surface area contributed by atoms with Crippen LogP contribution in [0.15, 0.2) is 35.7 Å². The molecule has 0 aliphatic carbocycles. The van der Waals surface area contributed by atoms with Crippen molar-refractivity contribution in [1.29, 1.82) is 0 Å². The lowest BCUT2D eigenvalue weighted by Crippen LogP contribution is -2.02. The van der Waals surface area contributed by atoms with Crippen LogP contribution < -0.4 is 5.32 Å². The van der Waals surface area contributed by atoms with Gasteiger partial charge in [0.1, 0.15) is 16.5 Å². The van der Waals surface area contributed by atoms with Gasteiger partial charge in [-0.05, 0) is 40.7 Å². The molecule has 3 aromatic rings. The molecule has 96 valence electrons. The number of nitrogens with one attached hydrogen (secondary N) is 1. The lowest BCUT2D eigenvalue weighted by atomic mass is 10.2. The Morgan fingerprint density at radius 1 is 1.16 bits per heavy atom. The first kappa shape index (κ1) is 12.3. The fourth-order valence-corrected chi connectivity index (χ4v) is 2.74. The summed E-state index contributed by atoms with van der Waals surface area (Å²) in [5, 5.41) is 6.30. The molecule has 0 aliphatic rings. The van der Waals surface area contributed by atoms with Crippen molar-refractivity contribution < 1.29 is 4.39 Å². The van der Waals surface area contributed by atoms with E-state index in [0.29, 0.717) is 12.4 Å². The molecule has 0 saturated heterocycles. The quantitative estimate of drug-likeness (QED) is 0.739. The molecule has 0 aliphatic heterocycles. The van der Waals surface area contributed by atoms with E-state index in [2.05, 4.69) is 15.3 Å². The zero-order valence-electron chi connectivity index (χ0n) is 9.73. The maximum absolute atomic E-state index is 12.8. The number of benzene rings is 1. The Balaban J connectivity index is 1.85. The third-order valence-electron chi connectivity index (χ3n) is 2.67. The minimum Gasteiger partial charge on any atom is -0.365 e. The molecular weight excluding hydrogens is 285 g/mol. The molecule has 0 fully saturated rings.